The normalized spacial score (nSPS) is 18.8. The second-order valence-electron chi connectivity index (χ2n) is 3.29. The summed E-state index contributed by atoms with van der Waals surface area (Å²) in [5, 5.41) is 7.24. The summed E-state index contributed by atoms with van der Waals surface area (Å²) in [5.74, 6) is -0.285. The van der Waals surface area contributed by atoms with E-state index in [-0.39, 0.29) is 5.84 Å². The van der Waals surface area contributed by atoms with Crippen molar-refractivity contribution in [1.82, 2.24) is 4.90 Å². The lowest BCUT2D eigenvalue weighted by Crippen LogP contribution is -2.37. The monoisotopic (exact) mass is 194 g/mol. The maximum Gasteiger partial charge on any atom is 0.396 e. The van der Waals surface area contributed by atoms with Gasteiger partial charge in [-0.3, -0.25) is 5.41 Å². The Balaban J connectivity index is 2.38. The molecule has 1 saturated heterocycles. The van der Waals surface area contributed by atoms with E-state index in [0.717, 1.165) is 19.3 Å². The minimum atomic E-state index is -4.24. The molecule has 1 aliphatic rings. The molecule has 1 heterocycles. The predicted octanol–water partition coefficient (Wildman–Crippen LogP) is 2.40. The van der Waals surface area contributed by atoms with E-state index in [9.17, 15) is 13.2 Å². The largest absolute Gasteiger partial charge is 0.396 e. The summed E-state index contributed by atoms with van der Waals surface area (Å²) in [7, 11) is 0. The number of nitrogens with zero attached hydrogens (tertiary/aromatic N) is 1. The molecule has 0 unspecified atom stereocenters. The minimum absolute atomic E-state index is 0.285. The highest BCUT2D eigenvalue weighted by Crippen LogP contribution is 2.22. The highest BCUT2D eigenvalue weighted by Gasteiger charge is 2.31. The third kappa shape index (κ3) is 3.65. The van der Waals surface area contributed by atoms with Gasteiger partial charge in [0.15, 0.2) is 0 Å². The van der Waals surface area contributed by atoms with Gasteiger partial charge < -0.3 is 4.90 Å². The van der Waals surface area contributed by atoms with Crippen molar-refractivity contribution in [2.45, 2.75) is 31.9 Å². The van der Waals surface area contributed by atoms with Crippen LogP contribution in [0, 0.1) is 5.41 Å². The zero-order valence-corrected chi connectivity index (χ0v) is 7.32. The van der Waals surface area contributed by atoms with Gasteiger partial charge in [0.2, 0.25) is 0 Å². The number of rotatable bonds is 1. The third-order valence-electron chi connectivity index (χ3n) is 2.11. The smallest absolute Gasteiger partial charge is 0.360 e. The van der Waals surface area contributed by atoms with Crippen LogP contribution in [0.25, 0.3) is 0 Å². The van der Waals surface area contributed by atoms with E-state index in [1.807, 2.05) is 0 Å². The number of alkyl halides is 3. The lowest BCUT2D eigenvalue weighted by Gasteiger charge is -2.29. The zero-order valence-electron chi connectivity index (χ0n) is 7.32. The Morgan fingerprint density at radius 3 is 2.15 bits per heavy atom. The molecule has 0 radical (unpaired) electrons. The molecular weight excluding hydrogens is 181 g/mol. The predicted molar refractivity (Wildman–Crippen MR) is 43.8 cm³/mol. The van der Waals surface area contributed by atoms with Gasteiger partial charge in [0.25, 0.3) is 0 Å². The lowest BCUT2D eigenvalue weighted by atomic mass is 10.1. The number of hydrogen-bond donors (Lipinski definition) is 1. The molecule has 0 aromatic rings. The van der Waals surface area contributed by atoms with Gasteiger partial charge in [-0.25, -0.2) is 0 Å². The fraction of sp³-hybridized carbons (Fsp3) is 0.875. The molecule has 0 atom stereocenters. The van der Waals surface area contributed by atoms with Crippen molar-refractivity contribution in [2.75, 3.05) is 13.1 Å². The Hall–Kier alpha value is -0.740. The SMILES string of the molecule is N=C(CC(F)(F)F)N1CCCCC1. The van der Waals surface area contributed by atoms with E-state index in [0.29, 0.717) is 13.1 Å². The molecule has 0 aliphatic carbocycles. The first-order valence-electron chi connectivity index (χ1n) is 4.38. The molecular formula is C8H13F3N2. The Morgan fingerprint density at radius 1 is 1.15 bits per heavy atom. The van der Waals surface area contributed by atoms with E-state index < -0.39 is 12.6 Å². The van der Waals surface area contributed by atoms with E-state index in [4.69, 9.17) is 5.41 Å². The molecule has 5 heteroatoms. The first-order valence-corrected chi connectivity index (χ1v) is 4.38. The summed E-state index contributed by atoms with van der Waals surface area (Å²) in [6.07, 6.45) is -2.46. The molecule has 1 fully saturated rings. The van der Waals surface area contributed by atoms with Gasteiger partial charge in [0, 0.05) is 13.1 Å². The Labute approximate surface area is 75.2 Å². The van der Waals surface area contributed by atoms with E-state index in [1.54, 1.807) is 0 Å². The Morgan fingerprint density at radius 2 is 1.69 bits per heavy atom. The molecule has 76 valence electrons. The number of amidine groups is 1. The average molecular weight is 194 g/mol. The van der Waals surface area contributed by atoms with Crippen molar-refractivity contribution in [2.24, 2.45) is 0 Å². The van der Waals surface area contributed by atoms with E-state index in [2.05, 4.69) is 0 Å². The Bertz CT molecular complexity index is 182. The van der Waals surface area contributed by atoms with Crippen LogP contribution < -0.4 is 0 Å². The fourth-order valence-corrected chi connectivity index (χ4v) is 1.47. The maximum atomic E-state index is 11.9. The van der Waals surface area contributed by atoms with Gasteiger partial charge in [-0.15, -0.1) is 0 Å². The van der Waals surface area contributed by atoms with Gasteiger partial charge in [-0.05, 0) is 19.3 Å². The fourth-order valence-electron chi connectivity index (χ4n) is 1.47. The molecule has 0 spiro atoms. The first kappa shape index (κ1) is 10.3. The summed E-state index contributed by atoms with van der Waals surface area (Å²) in [5.41, 5.74) is 0. The topological polar surface area (TPSA) is 27.1 Å². The summed E-state index contributed by atoms with van der Waals surface area (Å²) in [6.45, 7) is 1.21. The summed E-state index contributed by atoms with van der Waals surface area (Å²) in [4.78, 5) is 1.52. The molecule has 1 N–H and O–H groups in total. The van der Waals surface area contributed by atoms with Gasteiger partial charge >= 0.3 is 6.18 Å². The molecule has 0 aromatic heterocycles. The minimum Gasteiger partial charge on any atom is -0.360 e. The van der Waals surface area contributed by atoms with Crippen molar-refractivity contribution >= 4 is 5.84 Å². The van der Waals surface area contributed by atoms with Gasteiger partial charge in [-0.1, -0.05) is 0 Å². The van der Waals surface area contributed by atoms with Crippen LogP contribution in [0.3, 0.4) is 0 Å². The van der Waals surface area contributed by atoms with Crippen LogP contribution in [0.1, 0.15) is 25.7 Å². The first-order chi connectivity index (χ1) is 5.99. The molecule has 0 bridgehead atoms. The number of piperidine rings is 1. The molecule has 2 nitrogen and oxygen atoms in total. The quantitative estimate of drug-likeness (QED) is 0.503. The molecule has 0 amide bonds. The third-order valence-corrected chi connectivity index (χ3v) is 2.11. The zero-order chi connectivity index (χ0) is 9.90. The van der Waals surface area contributed by atoms with Crippen molar-refractivity contribution < 1.29 is 13.2 Å². The maximum absolute atomic E-state index is 11.9. The van der Waals surface area contributed by atoms with Crippen LogP contribution in [0.5, 0.6) is 0 Å². The van der Waals surface area contributed by atoms with Crippen LogP contribution in [0.15, 0.2) is 0 Å². The molecule has 1 rings (SSSR count). The van der Waals surface area contributed by atoms with Gasteiger partial charge in [0.1, 0.15) is 12.3 Å². The standard InChI is InChI=1S/C8H13F3N2/c9-8(10,11)6-7(12)13-4-2-1-3-5-13/h12H,1-6H2. The van der Waals surface area contributed by atoms with E-state index >= 15 is 0 Å². The van der Waals surface area contributed by atoms with Crippen LogP contribution >= 0.6 is 0 Å². The van der Waals surface area contributed by atoms with Crippen molar-refractivity contribution in [3.8, 4) is 0 Å². The van der Waals surface area contributed by atoms with Crippen LogP contribution in [-0.2, 0) is 0 Å². The Kier molecular flexibility index (Phi) is 3.17. The summed E-state index contributed by atoms with van der Waals surface area (Å²) >= 11 is 0. The van der Waals surface area contributed by atoms with Crippen molar-refractivity contribution in [3.05, 3.63) is 0 Å². The van der Waals surface area contributed by atoms with Crippen LogP contribution in [-0.4, -0.2) is 30.0 Å². The highest BCUT2D eigenvalue weighted by atomic mass is 19.4. The number of likely N-dealkylation sites (tertiary alicyclic amines) is 1. The lowest BCUT2D eigenvalue weighted by molar-refractivity contribution is -0.122. The molecule has 0 aromatic carbocycles. The molecule has 1 aliphatic heterocycles. The average Bonchev–Trinajstić information content (AvgIpc) is 2.03. The molecule has 0 saturated carbocycles. The van der Waals surface area contributed by atoms with Gasteiger partial charge in [0.05, 0.1) is 0 Å². The second kappa shape index (κ2) is 3.98. The number of nitrogens with one attached hydrogen (secondary N) is 1. The molecule has 13 heavy (non-hydrogen) atoms. The van der Waals surface area contributed by atoms with Crippen molar-refractivity contribution in [3.63, 3.8) is 0 Å². The van der Waals surface area contributed by atoms with Crippen molar-refractivity contribution in [1.29, 1.82) is 5.41 Å². The van der Waals surface area contributed by atoms with Crippen LogP contribution in [0.2, 0.25) is 0 Å². The second-order valence-corrected chi connectivity index (χ2v) is 3.29. The number of hydrogen-bond acceptors (Lipinski definition) is 1. The summed E-state index contributed by atoms with van der Waals surface area (Å²) < 4.78 is 35.7. The van der Waals surface area contributed by atoms with Crippen LogP contribution in [0.4, 0.5) is 13.2 Å². The van der Waals surface area contributed by atoms with E-state index in [1.165, 1.54) is 4.90 Å². The number of halogens is 3. The van der Waals surface area contributed by atoms with Gasteiger partial charge in [-0.2, -0.15) is 13.2 Å². The highest BCUT2D eigenvalue weighted by molar-refractivity contribution is 5.79. The summed E-state index contributed by atoms with van der Waals surface area (Å²) in [6, 6.07) is 0.